The molecule has 1 heterocycles. The SMILES string of the molecule is COCCCn1c(SCc2ccc(Br)cc2F)nnc1-c1ccccc1Cl. The Morgan fingerprint density at radius 3 is 2.78 bits per heavy atom. The maximum Gasteiger partial charge on any atom is 0.191 e. The number of rotatable bonds is 8. The van der Waals surface area contributed by atoms with Crippen LogP contribution in [0, 0.1) is 5.82 Å². The van der Waals surface area contributed by atoms with E-state index in [2.05, 4.69) is 26.1 Å². The Balaban J connectivity index is 1.86. The highest BCUT2D eigenvalue weighted by Crippen LogP contribution is 2.31. The van der Waals surface area contributed by atoms with Crippen molar-refractivity contribution in [2.24, 2.45) is 0 Å². The smallest absolute Gasteiger partial charge is 0.191 e. The maximum atomic E-state index is 14.1. The van der Waals surface area contributed by atoms with Crippen molar-refractivity contribution in [3.05, 3.63) is 63.3 Å². The number of nitrogens with zero attached hydrogens (tertiary/aromatic N) is 3. The first-order chi connectivity index (χ1) is 13.1. The first kappa shape index (κ1) is 20.3. The van der Waals surface area contributed by atoms with Gasteiger partial charge in [-0.3, -0.25) is 0 Å². The van der Waals surface area contributed by atoms with Gasteiger partial charge in [-0.1, -0.05) is 57.5 Å². The third-order valence-electron chi connectivity index (χ3n) is 3.93. The molecule has 0 saturated carbocycles. The molecule has 0 radical (unpaired) electrons. The molecule has 142 valence electrons. The fourth-order valence-corrected chi connectivity index (χ4v) is 4.09. The number of halogens is 3. The van der Waals surface area contributed by atoms with Crippen LogP contribution >= 0.6 is 39.3 Å². The van der Waals surface area contributed by atoms with Gasteiger partial charge in [0, 0.05) is 36.1 Å². The molecule has 3 aromatic rings. The summed E-state index contributed by atoms with van der Waals surface area (Å²) in [5.74, 6) is 0.925. The third kappa shape index (κ3) is 5.10. The Labute approximate surface area is 175 Å². The van der Waals surface area contributed by atoms with Gasteiger partial charge in [0.05, 0.1) is 5.02 Å². The van der Waals surface area contributed by atoms with E-state index in [1.54, 1.807) is 13.2 Å². The van der Waals surface area contributed by atoms with Crippen molar-refractivity contribution in [2.45, 2.75) is 23.9 Å². The number of benzene rings is 2. The average Bonchev–Trinajstić information content (AvgIpc) is 3.04. The third-order valence-corrected chi connectivity index (χ3v) is 5.77. The molecule has 0 aliphatic heterocycles. The molecule has 0 spiro atoms. The Kier molecular flexibility index (Phi) is 7.29. The molecule has 0 bridgehead atoms. The van der Waals surface area contributed by atoms with E-state index in [4.69, 9.17) is 16.3 Å². The highest BCUT2D eigenvalue weighted by atomic mass is 79.9. The molecule has 0 N–H and O–H groups in total. The molecule has 27 heavy (non-hydrogen) atoms. The largest absolute Gasteiger partial charge is 0.385 e. The van der Waals surface area contributed by atoms with Gasteiger partial charge in [0.1, 0.15) is 5.82 Å². The van der Waals surface area contributed by atoms with E-state index in [0.717, 1.165) is 21.6 Å². The lowest BCUT2D eigenvalue weighted by molar-refractivity contribution is 0.189. The van der Waals surface area contributed by atoms with Gasteiger partial charge in [-0.05, 0) is 36.2 Å². The van der Waals surface area contributed by atoms with Crippen LogP contribution in [0.1, 0.15) is 12.0 Å². The van der Waals surface area contributed by atoms with Gasteiger partial charge in [-0.2, -0.15) is 0 Å². The molecule has 1 aromatic heterocycles. The summed E-state index contributed by atoms with van der Waals surface area (Å²) in [6, 6.07) is 12.6. The molecule has 8 heteroatoms. The van der Waals surface area contributed by atoms with Crippen molar-refractivity contribution in [1.82, 2.24) is 14.8 Å². The summed E-state index contributed by atoms with van der Waals surface area (Å²) < 4.78 is 22.0. The van der Waals surface area contributed by atoms with Crippen LogP contribution in [-0.2, 0) is 17.0 Å². The Bertz CT molecular complexity index is 922. The van der Waals surface area contributed by atoms with Gasteiger partial charge >= 0.3 is 0 Å². The van der Waals surface area contributed by atoms with Crippen molar-refractivity contribution in [3.63, 3.8) is 0 Å². The van der Waals surface area contributed by atoms with Crippen LogP contribution < -0.4 is 0 Å². The second-order valence-corrected chi connectivity index (χ2v) is 8.07. The summed E-state index contributed by atoms with van der Waals surface area (Å²) in [6.07, 6.45) is 0.812. The van der Waals surface area contributed by atoms with Crippen LogP contribution in [0.4, 0.5) is 4.39 Å². The van der Waals surface area contributed by atoms with Crippen molar-refractivity contribution < 1.29 is 9.13 Å². The fraction of sp³-hybridized carbons (Fsp3) is 0.263. The van der Waals surface area contributed by atoms with Gasteiger partial charge in [0.2, 0.25) is 0 Å². The zero-order chi connectivity index (χ0) is 19.2. The monoisotopic (exact) mass is 469 g/mol. The fourth-order valence-electron chi connectivity index (χ4n) is 2.59. The van der Waals surface area contributed by atoms with Crippen molar-refractivity contribution in [1.29, 1.82) is 0 Å². The lowest BCUT2D eigenvalue weighted by atomic mass is 10.2. The zero-order valence-corrected chi connectivity index (χ0v) is 17.8. The van der Waals surface area contributed by atoms with Gasteiger partial charge < -0.3 is 9.30 Å². The molecule has 4 nitrogen and oxygen atoms in total. The molecular weight excluding hydrogens is 453 g/mol. The molecule has 0 unspecified atom stereocenters. The topological polar surface area (TPSA) is 39.9 Å². The first-order valence-electron chi connectivity index (χ1n) is 8.34. The minimum Gasteiger partial charge on any atom is -0.385 e. The van der Waals surface area contributed by atoms with E-state index in [1.807, 2.05) is 34.9 Å². The number of hydrogen-bond donors (Lipinski definition) is 0. The van der Waals surface area contributed by atoms with Crippen molar-refractivity contribution in [3.8, 4) is 11.4 Å². The average molecular weight is 471 g/mol. The van der Waals surface area contributed by atoms with E-state index in [-0.39, 0.29) is 5.82 Å². The van der Waals surface area contributed by atoms with Crippen LogP contribution in [-0.4, -0.2) is 28.5 Å². The molecule has 0 aliphatic rings. The second kappa shape index (κ2) is 9.68. The Hall–Kier alpha value is -1.41. The van der Waals surface area contributed by atoms with Crippen LogP contribution in [0.2, 0.25) is 5.02 Å². The summed E-state index contributed by atoms with van der Waals surface area (Å²) in [6.45, 7) is 1.32. The van der Waals surface area contributed by atoms with Gasteiger partial charge in [0.15, 0.2) is 11.0 Å². The molecular formula is C19H18BrClFN3OS. The predicted molar refractivity (Wildman–Crippen MR) is 111 cm³/mol. The summed E-state index contributed by atoms with van der Waals surface area (Å²) in [4.78, 5) is 0. The van der Waals surface area contributed by atoms with Crippen molar-refractivity contribution >= 4 is 39.3 Å². The molecule has 0 fully saturated rings. The van der Waals surface area contributed by atoms with Crippen LogP contribution in [0.15, 0.2) is 52.1 Å². The number of aromatic nitrogens is 3. The summed E-state index contributed by atoms with van der Waals surface area (Å²) >= 11 is 11.1. The summed E-state index contributed by atoms with van der Waals surface area (Å²) in [7, 11) is 1.67. The van der Waals surface area contributed by atoms with E-state index in [0.29, 0.717) is 35.3 Å². The number of methoxy groups -OCH3 is 1. The highest BCUT2D eigenvalue weighted by molar-refractivity contribution is 9.10. The quantitative estimate of drug-likeness (QED) is 0.307. The van der Waals surface area contributed by atoms with E-state index in [1.165, 1.54) is 17.8 Å². The van der Waals surface area contributed by atoms with Gasteiger partial charge in [0.25, 0.3) is 0 Å². The molecule has 0 aliphatic carbocycles. The minimum absolute atomic E-state index is 0.242. The molecule has 0 atom stereocenters. The predicted octanol–water partition coefficient (Wildman–Crippen LogP) is 5.83. The van der Waals surface area contributed by atoms with E-state index in [9.17, 15) is 4.39 Å². The normalized spacial score (nSPS) is 11.1. The minimum atomic E-state index is -0.242. The van der Waals surface area contributed by atoms with Crippen molar-refractivity contribution in [2.75, 3.05) is 13.7 Å². The number of thioether (sulfide) groups is 1. The van der Waals surface area contributed by atoms with Gasteiger partial charge in [-0.15, -0.1) is 10.2 Å². The summed E-state index contributed by atoms with van der Waals surface area (Å²) in [5.41, 5.74) is 1.44. The highest BCUT2D eigenvalue weighted by Gasteiger charge is 2.17. The van der Waals surface area contributed by atoms with E-state index < -0.39 is 0 Å². The van der Waals surface area contributed by atoms with E-state index >= 15 is 0 Å². The van der Waals surface area contributed by atoms with Crippen LogP contribution in [0.5, 0.6) is 0 Å². The Morgan fingerprint density at radius 1 is 1.22 bits per heavy atom. The molecule has 3 rings (SSSR count). The molecule has 0 amide bonds. The molecule has 0 saturated heterocycles. The Morgan fingerprint density at radius 2 is 2.04 bits per heavy atom. The van der Waals surface area contributed by atoms with Crippen LogP contribution in [0.3, 0.4) is 0 Å². The lowest BCUT2D eigenvalue weighted by Gasteiger charge is -2.11. The lowest BCUT2D eigenvalue weighted by Crippen LogP contribution is -2.05. The number of hydrogen-bond acceptors (Lipinski definition) is 4. The van der Waals surface area contributed by atoms with Gasteiger partial charge in [-0.25, -0.2) is 4.39 Å². The standard InChI is InChI=1S/C19H18BrClFN3OS/c1-26-10-4-9-25-18(15-5-2-3-6-16(15)21)23-24-19(25)27-12-13-7-8-14(20)11-17(13)22/h2-3,5-8,11H,4,9-10,12H2,1H3. The second-order valence-electron chi connectivity index (χ2n) is 5.81. The first-order valence-corrected chi connectivity index (χ1v) is 10.5. The van der Waals surface area contributed by atoms with Crippen LogP contribution in [0.25, 0.3) is 11.4 Å². The molecule has 2 aromatic carbocycles. The number of ether oxygens (including phenoxy) is 1. The summed E-state index contributed by atoms with van der Waals surface area (Å²) in [5, 5.41) is 10.0. The zero-order valence-electron chi connectivity index (χ0n) is 14.7. The maximum absolute atomic E-state index is 14.1.